The van der Waals surface area contributed by atoms with Gasteiger partial charge in [-0.15, -0.1) is 51.8 Å². The summed E-state index contributed by atoms with van der Waals surface area (Å²) in [5.74, 6) is 0.286. The molecule has 1 N–H and O–H groups in total. The Balaban J connectivity index is 0.000000269. The summed E-state index contributed by atoms with van der Waals surface area (Å²) in [6, 6.07) is 23.1. The topological polar surface area (TPSA) is 63.1 Å². The SMILES string of the molecule is CC(C)(C)c1cc(-c2nccc3sc(-c4cc5ccsc5cn4)cc23)[c-]c2ccccc12.CCC(C)(CC)C(=O)/C=C(\O)C(C)(CC)CC.[Ir]. The number of allylic oxidation sites excluding steroid dienone is 2. The number of pyridine rings is 2. The zero-order chi connectivity index (χ0) is 35.6. The molecule has 0 unspecified atom stereocenters. The van der Waals surface area contributed by atoms with Gasteiger partial charge in [0.15, 0.2) is 5.78 Å². The molecule has 0 aliphatic carbocycles. The number of carbonyl (C=O) groups is 1. The van der Waals surface area contributed by atoms with Gasteiger partial charge in [0.05, 0.1) is 15.3 Å². The van der Waals surface area contributed by atoms with E-state index in [2.05, 4.69) is 86.8 Å². The van der Waals surface area contributed by atoms with E-state index in [0.717, 1.165) is 53.4 Å². The van der Waals surface area contributed by atoms with Crippen molar-refractivity contribution in [2.75, 3.05) is 0 Å². The summed E-state index contributed by atoms with van der Waals surface area (Å²) in [7, 11) is 0. The molecule has 6 rings (SSSR count). The van der Waals surface area contributed by atoms with E-state index in [1.54, 1.807) is 22.7 Å². The molecular formula is C43H49IrN2O2S2-. The van der Waals surface area contributed by atoms with Crippen LogP contribution in [-0.4, -0.2) is 20.9 Å². The predicted octanol–water partition coefficient (Wildman–Crippen LogP) is 13.1. The van der Waals surface area contributed by atoms with Gasteiger partial charge in [0.1, 0.15) is 5.76 Å². The third kappa shape index (κ3) is 8.12. The molecular weight excluding hydrogens is 833 g/mol. The first-order valence-corrected chi connectivity index (χ1v) is 19.1. The van der Waals surface area contributed by atoms with Gasteiger partial charge in [0.25, 0.3) is 0 Å². The van der Waals surface area contributed by atoms with Crippen LogP contribution in [0, 0.1) is 16.9 Å². The van der Waals surface area contributed by atoms with Crippen LogP contribution < -0.4 is 0 Å². The largest absolute Gasteiger partial charge is 0.512 e. The molecule has 7 heteroatoms. The molecule has 265 valence electrons. The summed E-state index contributed by atoms with van der Waals surface area (Å²) in [6.07, 6.45) is 8.64. The molecule has 0 fully saturated rings. The summed E-state index contributed by atoms with van der Waals surface area (Å²) in [5.41, 5.74) is 3.79. The van der Waals surface area contributed by atoms with Gasteiger partial charge in [-0.3, -0.25) is 14.8 Å². The number of thiophene rings is 2. The molecule has 4 heterocycles. The van der Waals surface area contributed by atoms with Crippen LogP contribution in [0.15, 0.2) is 84.2 Å². The molecule has 0 aliphatic rings. The molecule has 4 nitrogen and oxygen atoms in total. The minimum absolute atomic E-state index is 0. The summed E-state index contributed by atoms with van der Waals surface area (Å²) >= 11 is 3.50. The van der Waals surface area contributed by atoms with E-state index >= 15 is 0 Å². The minimum atomic E-state index is -0.337. The zero-order valence-corrected chi connectivity index (χ0v) is 34.8. The summed E-state index contributed by atoms with van der Waals surface area (Å²) in [6.45, 7) is 18.9. The number of carbonyl (C=O) groups excluding carboxylic acids is 1. The average molecular weight is 882 g/mol. The number of hydrogen-bond donors (Lipinski definition) is 1. The Morgan fingerprint density at radius 3 is 2.18 bits per heavy atom. The van der Waals surface area contributed by atoms with Crippen LogP contribution in [0.4, 0.5) is 0 Å². The van der Waals surface area contributed by atoms with Crippen molar-refractivity contribution in [1.82, 2.24) is 9.97 Å². The Labute approximate surface area is 319 Å². The summed E-state index contributed by atoms with van der Waals surface area (Å²) < 4.78 is 2.44. The summed E-state index contributed by atoms with van der Waals surface area (Å²) in [5, 5.41) is 17.0. The monoisotopic (exact) mass is 882 g/mol. The van der Waals surface area contributed by atoms with Crippen molar-refractivity contribution in [3.8, 4) is 21.8 Å². The number of nitrogens with zero attached hydrogens (tertiary/aromatic N) is 2. The van der Waals surface area contributed by atoms with E-state index in [1.165, 1.54) is 36.7 Å². The van der Waals surface area contributed by atoms with Crippen LogP contribution in [0.1, 0.15) is 93.6 Å². The Kier molecular flexibility index (Phi) is 12.6. The first-order valence-electron chi connectivity index (χ1n) is 17.4. The maximum atomic E-state index is 12.2. The first kappa shape index (κ1) is 39.6. The van der Waals surface area contributed by atoms with E-state index in [0.29, 0.717) is 0 Å². The Morgan fingerprint density at radius 2 is 1.52 bits per heavy atom. The number of aliphatic hydroxyl groups is 1. The van der Waals surface area contributed by atoms with Crippen molar-refractivity contribution in [3.63, 3.8) is 0 Å². The fourth-order valence-corrected chi connectivity index (χ4v) is 7.73. The first-order chi connectivity index (χ1) is 23.3. The fraction of sp³-hybridized carbons (Fsp3) is 0.372. The molecule has 4 aromatic heterocycles. The molecule has 0 spiro atoms. The van der Waals surface area contributed by atoms with Crippen molar-refractivity contribution < 1.29 is 30.0 Å². The van der Waals surface area contributed by atoms with Crippen LogP contribution in [-0.2, 0) is 30.3 Å². The number of ketones is 1. The van der Waals surface area contributed by atoms with Gasteiger partial charge in [-0.2, -0.15) is 0 Å². The standard InChI is InChI=1S/C28H21N2S2.C15H28O2.Ir/c1-28(2,3)22-13-19(12-17-6-4-5-7-20(17)22)27-21-15-25(32-24(21)8-10-29-27)23-14-18-9-11-31-26(18)16-30-23;1-7-14(5,8-2)12(16)11-13(17)15(6,9-3)10-4;/h4-11,13-16H,1-3H3;11,16H,7-10H2,1-6H3;/q-1;;/b;12-11-;. The average Bonchev–Trinajstić information content (AvgIpc) is 3.77. The number of aliphatic hydroxyl groups excluding tert-OH is 1. The van der Waals surface area contributed by atoms with Crippen LogP contribution >= 0.6 is 22.7 Å². The quantitative estimate of drug-likeness (QED) is 0.0893. The molecule has 50 heavy (non-hydrogen) atoms. The Hall–Kier alpha value is -3.22. The predicted molar refractivity (Wildman–Crippen MR) is 212 cm³/mol. The number of aromatic nitrogens is 2. The fourth-order valence-electron chi connectivity index (χ4n) is 5.97. The maximum absolute atomic E-state index is 12.2. The van der Waals surface area contributed by atoms with Gasteiger partial charge in [0.2, 0.25) is 0 Å². The number of fused-ring (bicyclic) bond motifs is 3. The van der Waals surface area contributed by atoms with Gasteiger partial charge in [-0.1, -0.05) is 91.5 Å². The second-order valence-corrected chi connectivity index (χ2v) is 16.6. The molecule has 0 saturated carbocycles. The maximum Gasteiger partial charge on any atom is 0.164 e. The second-order valence-electron chi connectivity index (χ2n) is 14.5. The second kappa shape index (κ2) is 16.0. The third-order valence-electron chi connectivity index (χ3n) is 10.5. The zero-order valence-electron chi connectivity index (χ0n) is 30.7. The molecule has 0 atom stereocenters. The molecule has 0 aliphatic heterocycles. The van der Waals surface area contributed by atoms with Crippen LogP contribution in [0.25, 0.3) is 52.8 Å². The number of hydrogen-bond acceptors (Lipinski definition) is 6. The molecule has 0 amide bonds. The van der Waals surface area contributed by atoms with Crippen LogP contribution in [0.5, 0.6) is 0 Å². The van der Waals surface area contributed by atoms with Gasteiger partial charge in [0, 0.05) is 59.8 Å². The number of benzene rings is 2. The van der Waals surface area contributed by atoms with Gasteiger partial charge < -0.3 is 5.11 Å². The molecule has 0 saturated heterocycles. The van der Waals surface area contributed by atoms with E-state index in [4.69, 9.17) is 9.97 Å². The summed E-state index contributed by atoms with van der Waals surface area (Å²) in [4.78, 5) is 22.9. The van der Waals surface area contributed by atoms with Crippen LogP contribution in [0.3, 0.4) is 0 Å². The molecule has 0 bridgehead atoms. The Morgan fingerprint density at radius 1 is 0.840 bits per heavy atom. The minimum Gasteiger partial charge on any atom is -0.512 e. The van der Waals surface area contributed by atoms with Crippen molar-refractivity contribution in [2.45, 2.75) is 93.4 Å². The van der Waals surface area contributed by atoms with Gasteiger partial charge in [-0.25, -0.2) is 0 Å². The van der Waals surface area contributed by atoms with Crippen molar-refractivity contribution in [3.05, 3.63) is 95.8 Å². The van der Waals surface area contributed by atoms with Gasteiger partial charge >= 0.3 is 0 Å². The van der Waals surface area contributed by atoms with Crippen molar-refractivity contribution >= 4 is 59.4 Å². The van der Waals surface area contributed by atoms with Crippen LogP contribution in [0.2, 0.25) is 0 Å². The van der Waals surface area contributed by atoms with Crippen molar-refractivity contribution in [1.29, 1.82) is 0 Å². The molecule has 1 radical (unpaired) electrons. The normalized spacial score (nSPS) is 12.5. The van der Waals surface area contributed by atoms with E-state index in [9.17, 15) is 9.90 Å². The smallest absolute Gasteiger partial charge is 0.164 e. The molecule has 6 aromatic rings. The third-order valence-corrected chi connectivity index (χ3v) is 12.5. The van der Waals surface area contributed by atoms with E-state index in [1.807, 2.05) is 53.9 Å². The van der Waals surface area contributed by atoms with E-state index in [-0.39, 0.29) is 47.9 Å². The molecule has 2 aromatic carbocycles. The van der Waals surface area contributed by atoms with Gasteiger partial charge in [-0.05, 0) is 71.5 Å². The Bertz CT molecular complexity index is 2130. The van der Waals surface area contributed by atoms with E-state index < -0.39 is 0 Å². The number of rotatable bonds is 9. The van der Waals surface area contributed by atoms with Crippen molar-refractivity contribution in [2.24, 2.45) is 10.8 Å².